The highest BCUT2D eigenvalue weighted by atomic mass is 16.7. The zero-order chi connectivity index (χ0) is 60.3. The van der Waals surface area contributed by atoms with E-state index in [0.29, 0.717) is 19.3 Å². The molecule has 12 nitrogen and oxygen atoms in total. The van der Waals surface area contributed by atoms with Gasteiger partial charge in [0, 0.05) is 19.3 Å². The van der Waals surface area contributed by atoms with Crippen LogP contribution in [0.2, 0.25) is 0 Å². The number of carboxylic acid groups (broad SMARTS) is 1. The van der Waals surface area contributed by atoms with E-state index in [4.69, 9.17) is 23.7 Å². The Bertz CT molecular complexity index is 1760. The number of ether oxygens (including phenoxy) is 5. The summed E-state index contributed by atoms with van der Waals surface area (Å²) in [6.07, 6.45) is 63.8. The first-order chi connectivity index (χ1) is 40.6. The lowest BCUT2D eigenvalue weighted by atomic mass is 9.98. The molecule has 6 unspecified atom stereocenters. The number of hydrogen-bond acceptors (Lipinski definition) is 11. The third-order valence-corrected chi connectivity index (χ3v) is 14.9. The summed E-state index contributed by atoms with van der Waals surface area (Å²) in [6.45, 7) is 5.94. The van der Waals surface area contributed by atoms with Gasteiger partial charge < -0.3 is 39.0 Å². The van der Waals surface area contributed by atoms with Crippen molar-refractivity contribution in [2.45, 2.75) is 327 Å². The molecule has 1 saturated heterocycles. The third-order valence-electron chi connectivity index (χ3n) is 14.9. The van der Waals surface area contributed by atoms with E-state index in [2.05, 4.69) is 106 Å². The Morgan fingerprint density at radius 2 is 0.723 bits per heavy atom. The molecule has 6 atom stereocenters. The number of carboxylic acids is 1. The number of rotatable bonds is 57. The van der Waals surface area contributed by atoms with Crippen LogP contribution in [0.3, 0.4) is 0 Å². The van der Waals surface area contributed by atoms with Crippen molar-refractivity contribution in [3.8, 4) is 0 Å². The molecule has 0 spiro atoms. The first-order valence-electron chi connectivity index (χ1n) is 33.6. The van der Waals surface area contributed by atoms with Crippen LogP contribution in [0, 0.1) is 0 Å². The summed E-state index contributed by atoms with van der Waals surface area (Å²) in [6, 6.07) is 0. The van der Waals surface area contributed by atoms with Crippen molar-refractivity contribution in [1.29, 1.82) is 0 Å². The average Bonchev–Trinajstić information content (AvgIpc) is 3.57. The van der Waals surface area contributed by atoms with Crippen molar-refractivity contribution < 1.29 is 58.2 Å². The van der Waals surface area contributed by atoms with Gasteiger partial charge in [-0.2, -0.15) is 0 Å². The molecule has 1 fully saturated rings. The van der Waals surface area contributed by atoms with Crippen LogP contribution in [0.15, 0.2) is 85.1 Å². The van der Waals surface area contributed by atoms with Gasteiger partial charge in [0.15, 0.2) is 24.6 Å². The summed E-state index contributed by atoms with van der Waals surface area (Å²) in [5.41, 5.74) is 0. The minimum absolute atomic E-state index is 0.0414. The smallest absolute Gasteiger partial charge is 0.335 e. The number of aliphatic carboxylic acids is 1. The number of hydrogen-bond donors (Lipinski definition) is 3. The Kier molecular flexibility index (Phi) is 54.0. The van der Waals surface area contributed by atoms with Gasteiger partial charge in [-0.25, -0.2) is 4.79 Å². The summed E-state index contributed by atoms with van der Waals surface area (Å²) < 4.78 is 28.5. The quantitative estimate of drug-likeness (QED) is 0.0228. The van der Waals surface area contributed by atoms with Gasteiger partial charge in [-0.15, -0.1) is 0 Å². The molecule has 1 aliphatic rings. The topological polar surface area (TPSA) is 175 Å². The summed E-state index contributed by atoms with van der Waals surface area (Å²) in [5.74, 6) is -3.15. The van der Waals surface area contributed by atoms with Gasteiger partial charge in [-0.05, 0) is 122 Å². The lowest BCUT2D eigenvalue weighted by molar-refractivity contribution is -0.301. The Hall–Kier alpha value is -4.10. The van der Waals surface area contributed by atoms with Crippen LogP contribution in [0.5, 0.6) is 0 Å². The van der Waals surface area contributed by atoms with E-state index in [9.17, 15) is 34.5 Å². The SMILES string of the molecule is CCCCC/C=C\C/C=C\C/C=C\CCCCCCCCC(=O)OCC(COC1OC(C(=O)O)C(O)C(O)C1OC(=O)CCCCCCCC/C=C\C/C=C\C/C=C\CCCCC)OC(=O)CCCCCCC/C=C\CCCCCCCC. The van der Waals surface area contributed by atoms with E-state index < -0.39 is 67.3 Å². The van der Waals surface area contributed by atoms with Crippen molar-refractivity contribution in [1.82, 2.24) is 0 Å². The van der Waals surface area contributed by atoms with E-state index in [-0.39, 0.29) is 25.9 Å². The van der Waals surface area contributed by atoms with Crippen LogP contribution in [0.25, 0.3) is 0 Å². The zero-order valence-electron chi connectivity index (χ0n) is 52.7. The largest absolute Gasteiger partial charge is 0.479 e. The second-order valence-electron chi connectivity index (χ2n) is 22.7. The molecule has 0 aromatic carbocycles. The van der Waals surface area contributed by atoms with Crippen LogP contribution in [-0.2, 0) is 42.9 Å². The fourth-order valence-electron chi connectivity index (χ4n) is 9.73. The Labute approximate surface area is 505 Å². The predicted octanol–water partition coefficient (Wildman–Crippen LogP) is 18.2. The molecule has 0 bridgehead atoms. The molecule has 1 rings (SSSR count). The van der Waals surface area contributed by atoms with Gasteiger partial charge >= 0.3 is 23.9 Å². The monoisotopic (exact) mass is 1160 g/mol. The number of allylic oxidation sites excluding steroid dienone is 14. The molecule has 0 radical (unpaired) electrons. The Morgan fingerprint density at radius 1 is 0.398 bits per heavy atom. The number of unbranched alkanes of at least 4 members (excludes halogenated alkanes) is 29. The van der Waals surface area contributed by atoms with Gasteiger partial charge in [0.05, 0.1) is 6.61 Å². The van der Waals surface area contributed by atoms with Gasteiger partial charge in [0.2, 0.25) is 0 Å². The highest BCUT2D eigenvalue weighted by Gasteiger charge is 2.50. The van der Waals surface area contributed by atoms with Crippen LogP contribution in [0.4, 0.5) is 0 Å². The van der Waals surface area contributed by atoms with Crippen LogP contribution in [-0.4, -0.2) is 89.2 Å². The molecular weight excluding hydrogens is 1040 g/mol. The van der Waals surface area contributed by atoms with Crippen molar-refractivity contribution in [2.75, 3.05) is 13.2 Å². The predicted molar refractivity (Wildman–Crippen MR) is 340 cm³/mol. The number of carbonyl (C=O) groups is 4. The lowest BCUT2D eigenvalue weighted by Gasteiger charge is -2.40. The van der Waals surface area contributed by atoms with Crippen LogP contribution in [0.1, 0.15) is 290 Å². The van der Waals surface area contributed by atoms with E-state index in [1.807, 2.05) is 0 Å². The standard InChI is InChI=1S/C71H120O12/c1-4-7-10-13-16-19-22-25-28-30-32-34-37-39-42-45-48-51-54-57-63(72)79-60-62(81-64(73)58-55-52-49-46-43-40-36-27-24-21-18-15-12-9-6-3)61-80-71-69(67(76)66(75)68(83-71)70(77)78)82-65(74)59-56-53-50-47-44-41-38-35-33-31-29-26-23-20-17-14-11-8-5-2/h16-17,19-20,25-29,32-36,62,66-69,71,75-76H,4-15,18,21-24,30-31,37-61H2,1-3H3,(H,77,78)/b19-16-,20-17-,28-25-,29-26-,34-32-,35-33-,36-27-. The van der Waals surface area contributed by atoms with Crippen molar-refractivity contribution >= 4 is 23.9 Å². The molecule has 12 heteroatoms. The molecular formula is C71H120O12. The minimum atomic E-state index is -1.91. The van der Waals surface area contributed by atoms with Gasteiger partial charge in [0.1, 0.15) is 18.8 Å². The van der Waals surface area contributed by atoms with Crippen molar-refractivity contribution in [3.05, 3.63) is 85.1 Å². The molecule has 0 amide bonds. The second-order valence-corrected chi connectivity index (χ2v) is 22.7. The van der Waals surface area contributed by atoms with Crippen molar-refractivity contribution in [2.24, 2.45) is 0 Å². The summed E-state index contributed by atoms with van der Waals surface area (Å²) in [7, 11) is 0. The van der Waals surface area contributed by atoms with Crippen molar-refractivity contribution in [3.63, 3.8) is 0 Å². The van der Waals surface area contributed by atoms with Crippen LogP contribution < -0.4 is 0 Å². The summed E-state index contributed by atoms with van der Waals surface area (Å²) >= 11 is 0. The summed E-state index contributed by atoms with van der Waals surface area (Å²) in [5, 5.41) is 31.6. The van der Waals surface area contributed by atoms with Gasteiger partial charge in [-0.1, -0.05) is 234 Å². The molecule has 83 heavy (non-hydrogen) atoms. The average molecular weight is 1170 g/mol. The van der Waals surface area contributed by atoms with E-state index in [1.165, 1.54) is 89.9 Å². The second kappa shape index (κ2) is 58.3. The summed E-state index contributed by atoms with van der Waals surface area (Å²) in [4.78, 5) is 51.4. The Morgan fingerprint density at radius 3 is 1.13 bits per heavy atom. The third kappa shape index (κ3) is 47.8. The first kappa shape index (κ1) is 76.9. The van der Waals surface area contributed by atoms with E-state index >= 15 is 0 Å². The lowest BCUT2D eigenvalue weighted by Crippen LogP contribution is -2.61. The fourth-order valence-corrected chi connectivity index (χ4v) is 9.73. The fraction of sp³-hybridized carbons (Fsp3) is 0.746. The maximum atomic E-state index is 13.2. The molecule has 1 aliphatic heterocycles. The number of aliphatic hydroxyl groups is 2. The zero-order valence-corrected chi connectivity index (χ0v) is 52.7. The van der Waals surface area contributed by atoms with E-state index in [1.54, 1.807) is 0 Å². The molecule has 0 saturated carbocycles. The van der Waals surface area contributed by atoms with Gasteiger partial charge in [-0.3, -0.25) is 14.4 Å². The highest BCUT2D eigenvalue weighted by Crippen LogP contribution is 2.27. The van der Waals surface area contributed by atoms with Crippen LogP contribution >= 0.6 is 0 Å². The Balaban J connectivity index is 2.67. The number of carbonyl (C=O) groups excluding carboxylic acids is 3. The number of aliphatic hydroxyl groups excluding tert-OH is 2. The maximum Gasteiger partial charge on any atom is 0.335 e. The van der Waals surface area contributed by atoms with Gasteiger partial charge in [0.25, 0.3) is 0 Å². The number of esters is 3. The minimum Gasteiger partial charge on any atom is -0.479 e. The maximum absolute atomic E-state index is 13.2. The molecule has 0 aromatic heterocycles. The molecule has 3 N–H and O–H groups in total. The normalized spacial score (nSPS) is 18.1. The first-order valence-corrected chi connectivity index (χ1v) is 33.6. The highest BCUT2D eigenvalue weighted by molar-refractivity contribution is 5.74. The molecule has 1 heterocycles. The molecule has 476 valence electrons. The molecule has 0 aromatic rings. The molecule has 0 aliphatic carbocycles. The van der Waals surface area contributed by atoms with E-state index in [0.717, 1.165) is 141 Å².